The normalized spacial score (nSPS) is 11.9. The van der Waals surface area contributed by atoms with Crippen molar-refractivity contribution in [3.05, 3.63) is 33.9 Å². The van der Waals surface area contributed by atoms with Gasteiger partial charge in [-0.25, -0.2) is 0 Å². The van der Waals surface area contributed by atoms with Crippen LogP contribution in [0.4, 0.5) is 5.69 Å². The molecule has 0 aliphatic carbocycles. The lowest BCUT2D eigenvalue weighted by Gasteiger charge is -2.14. The molecule has 1 aromatic carbocycles. The second-order valence-corrected chi connectivity index (χ2v) is 4.26. The number of rotatable bonds is 8. The molecular formula is C13H19N3O4. The lowest BCUT2D eigenvalue weighted by Crippen LogP contribution is -2.33. The van der Waals surface area contributed by atoms with Gasteiger partial charge in [0.05, 0.1) is 4.92 Å². The highest BCUT2D eigenvalue weighted by atomic mass is 16.6. The summed E-state index contributed by atoms with van der Waals surface area (Å²) in [6.45, 7) is 4.97. The van der Waals surface area contributed by atoms with Gasteiger partial charge >= 0.3 is 5.69 Å². The van der Waals surface area contributed by atoms with Crippen molar-refractivity contribution in [2.75, 3.05) is 6.54 Å². The molecule has 0 saturated carbocycles. The molecular weight excluding hydrogens is 262 g/mol. The highest BCUT2D eigenvalue weighted by molar-refractivity contribution is 5.79. The van der Waals surface area contributed by atoms with Gasteiger partial charge in [-0.05, 0) is 24.6 Å². The van der Waals surface area contributed by atoms with E-state index in [-0.39, 0.29) is 11.4 Å². The number of hydrogen-bond donors (Lipinski definition) is 2. The van der Waals surface area contributed by atoms with Gasteiger partial charge in [0.25, 0.3) is 5.91 Å². The maximum atomic E-state index is 11.1. The highest BCUT2D eigenvalue weighted by Gasteiger charge is 2.21. The van der Waals surface area contributed by atoms with E-state index in [4.69, 9.17) is 10.5 Å². The van der Waals surface area contributed by atoms with Crippen molar-refractivity contribution in [2.24, 2.45) is 5.73 Å². The summed E-state index contributed by atoms with van der Waals surface area (Å²) in [6, 6.07) is 4.65. The number of ether oxygens (including phenoxy) is 1. The van der Waals surface area contributed by atoms with Crippen LogP contribution >= 0.6 is 0 Å². The minimum absolute atomic E-state index is 0.0564. The number of nitrogens with two attached hydrogens (primary N) is 1. The third kappa shape index (κ3) is 4.20. The first kappa shape index (κ1) is 15.9. The number of nitrogens with zero attached hydrogens (tertiary/aromatic N) is 1. The molecule has 0 saturated heterocycles. The summed E-state index contributed by atoms with van der Waals surface area (Å²) in [5.41, 5.74) is 5.78. The number of amides is 1. The molecule has 1 aromatic rings. The first-order chi connectivity index (χ1) is 9.49. The van der Waals surface area contributed by atoms with Crippen LogP contribution in [0.15, 0.2) is 18.2 Å². The van der Waals surface area contributed by atoms with Crippen LogP contribution in [0.3, 0.4) is 0 Å². The summed E-state index contributed by atoms with van der Waals surface area (Å²) in [5.74, 6) is -0.584. The van der Waals surface area contributed by atoms with Gasteiger partial charge < -0.3 is 15.8 Å². The van der Waals surface area contributed by atoms with E-state index in [2.05, 4.69) is 5.32 Å². The number of carbonyl (C=O) groups is 1. The molecule has 1 unspecified atom stereocenters. The van der Waals surface area contributed by atoms with Crippen molar-refractivity contribution >= 4 is 11.6 Å². The Kier molecular flexibility index (Phi) is 5.92. The van der Waals surface area contributed by atoms with Gasteiger partial charge in [-0.3, -0.25) is 14.9 Å². The van der Waals surface area contributed by atoms with Crippen LogP contribution in [-0.4, -0.2) is 23.5 Å². The molecule has 0 aliphatic heterocycles. The van der Waals surface area contributed by atoms with E-state index in [1.54, 1.807) is 13.0 Å². The van der Waals surface area contributed by atoms with Crippen LogP contribution in [0, 0.1) is 10.1 Å². The number of primary amides is 1. The van der Waals surface area contributed by atoms with Gasteiger partial charge in [-0.1, -0.05) is 19.9 Å². The molecule has 7 nitrogen and oxygen atoms in total. The van der Waals surface area contributed by atoms with E-state index in [0.717, 1.165) is 12.1 Å². The lowest BCUT2D eigenvalue weighted by atomic mass is 10.1. The molecule has 0 heterocycles. The predicted molar refractivity (Wildman–Crippen MR) is 74.4 cm³/mol. The fourth-order valence-corrected chi connectivity index (χ4v) is 1.68. The summed E-state index contributed by atoms with van der Waals surface area (Å²) in [6.07, 6.45) is -0.514. The summed E-state index contributed by atoms with van der Waals surface area (Å²) in [4.78, 5) is 21.7. The first-order valence-electron chi connectivity index (χ1n) is 6.43. The van der Waals surface area contributed by atoms with E-state index in [1.807, 2.05) is 6.92 Å². The second kappa shape index (κ2) is 7.44. The SMILES string of the molecule is CCNCc1ccc(OC(CC)C(N)=O)c([N+](=O)[O-])c1. The van der Waals surface area contributed by atoms with E-state index in [0.29, 0.717) is 13.0 Å². The van der Waals surface area contributed by atoms with E-state index >= 15 is 0 Å². The molecule has 1 amide bonds. The largest absolute Gasteiger partial charge is 0.473 e. The van der Waals surface area contributed by atoms with Crippen molar-refractivity contribution in [3.8, 4) is 5.75 Å². The van der Waals surface area contributed by atoms with Crippen molar-refractivity contribution in [2.45, 2.75) is 32.9 Å². The molecule has 3 N–H and O–H groups in total. The third-order valence-electron chi connectivity index (χ3n) is 2.76. The van der Waals surface area contributed by atoms with Crippen LogP contribution in [0.2, 0.25) is 0 Å². The van der Waals surface area contributed by atoms with Crippen LogP contribution in [0.1, 0.15) is 25.8 Å². The number of nitrogens with one attached hydrogen (secondary N) is 1. The summed E-state index contributed by atoms with van der Waals surface area (Å²) in [7, 11) is 0. The lowest BCUT2D eigenvalue weighted by molar-refractivity contribution is -0.386. The van der Waals surface area contributed by atoms with Crippen LogP contribution in [0.5, 0.6) is 5.75 Å². The van der Waals surface area contributed by atoms with Gasteiger partial charge in [0.15, 0.2) is 11.9 Å². The number of hydrogen-bond acceptors (Lipinski definition) is 5. The summed E-state index contributed by atoms with van der Waals surface area (Å²) in [5, 5.41) is 14.2. The van der Waals surface area contributed by atoms with Crippen LogP contribution in [0.25, 0.3) is 0 Å². The maximum absolute atomic E-state index is 11.1. The monoisotopic (exact) mass is 281 g/mol. The van der Waals surface area contributed by atoms with Gasteiger partial charge in [0, 0.05) is 12.6 Å². The quantitative estimate of drug-likeness (QED) is 0.552. The first-order valence-corrected chi connectivity index (χ1v) is 6.43. The highest BCUT2D eigenvalue weighted by Crippen LogP contribution is 2.29. The van der Waals surface area contributed by atoms with Crippen molar-refractivity contribution in [3.63, 3.8) is 0 Å². The molecule has 1 rings (SSSR count). The fraction of sp³-hybridized carbons (Fsp3) is 0.462. The average Bonchev–Trinajstić information content (AvgIpc) is 2.42. The number of carbonyl (C=O) groups excluding carboxylic acids is 1. The Bertz CT molecular complexity index is 491. The smallest absolute Gasteiger partial charge is 0.311 e. The summed E-state index contributed by atoms with van der Waals surface area (Å²) < 4.78 is 5.34. The van der Waals surface area contributed by atoms with E-state index in [9.17, 15) is 14.9 Å². The Morgan fingerprint density at radius 1 is 1.50 bits per heavy atom. The van der Waals surface area contributed by atoms with Crippen LogP contribution in [-0.2, 0) is 11.3 Å². The van der Waals surface area contributed by atoms with Gasteiger partial charge in [0.1, 0.15) is 0 Å². The van der Waals surface area contributed by atoms with Gasteiger partial charge in [-0.2, -0.15) is 0 Å². The molecule has 20 heavy (non-hydrogen) atoms. The Morgan fingerprint density at radius 3 is 2.70 bits per heavy atom. The Hall–Kier alpha value is -2.15. The number of benzene rings is 1. The van der Waals surface area contributed by atoms with Crippen molar-refractivity contribution in [1.82, 2.24) is 5.32 Å². The Morgan fingerprint density at radius 2 is 2.20 bits per heavy atom. The molecule has 0 spiro atoms. The zero-order valence-corrected chi connectivity index (χ0v) is 11.6. The molecule has 0 aromatic heterocycles. The molecule has 0 aliphatic rings. The van der Waals surface area contributed by atoms with E-state index < -0.39 is 16.9 Å². The molecule has 110 valence electrons. The molecule has 0 bridgehead atoms. The fourth-order valence-electron chi connectivity index (χ4n) is 1.68. The number of nitro groups is 1. The molecule has 0 fully saturated rings. The van der Waals surface area contributed by atoms with E-state index in [1.165, 1.54) is 12.1 Å². The molecule has 0 radical (unpaired) electrons. The maximum Gasteiger partial charge on any atom is 0.311 e. The molecule has 7 heteroatoms. The summed E-state index contributed by atoms with van der Waals surface area (Å²) >= 11 is 0. The third-order valence-corrected chi connectivity index (χ3v) is 2.76. The zero-order chi connectivity index (χ0) is 15.1. The minimum Gasteiger partial charge on any atom is -0.473 e. The Labute approximate surface area is 117 Å². The van der Waals surface area contributed by atoms with Crippen molar-refractivity contribution < 1.29 is 14.5 Å². The number of nitro benzene ring substituents is 1. The molecule has 1 atom stereocenters. The van der Waals surface area contributed by atoms with Gasteiger partial charge in [0.2, 0.25) is 0 Å². The standard InChI is InChI=1S/C13H19N3O4/c1-3-11(13(14)17)20-12-6-5-9(8-15-4-2)7-10(12)16(18)19/h5-7,11,15H,3-4,8H2,1-2H3,(H2,14,17). The zero-order valence-electron chi connectivity index (χ0n) is 11.6. The average molecular weight is 281 g/mol. The van der Waals surface area contributed by atoms with Crippen molar-refractivity contribution in [1.29, 1.82) is 0 Å². The predicted octanol–water partition coefficient (Wildman–Crippen LogP) is 1.35. The van der Waals surface area contributed by atoms with Gasteiger partial charge in [-0.15, -0.1) is 0 Å². The minimum atomic E-state index is -0.867. The Balaban J connectivity index is 3.00. The second-order valence-electron chi connectivity index (χ2n) is 4.26. The topological polar surface area (TPSA) is 107 Å². The van der Waals surface area contributed by atoms with Crippen LogP contribution < -0.4 is 15.8 Å².